The van der Waals surface area contributed by atoms with Crippen LogP contribution in [0.5, 0.6) is 0 Å². The molecule has 0 unspecified atom stereocenters. The van der Waals surface area contributed by atoms with Gasteiger partial charge in [0.2, 0.25) is 0 Å². The van der Waals surface area contributed by atoms with Crippen molar-refractivity contribution in [2.75, 3.05) is 44.3 Å². The van der Waals surface area contributed by atoms with Crippen molar-refractivity contribution in [1.82, 2.24) is 20.2 Å². The van der Waals surface area contributed by atoms with Crippen LogP contribution in [0.25, 0.3) is 10.2 Å². The van der Waals surface area contributed by atoms with Gasteiger partial charge in [-0.1, -0.05) is 0 Å². The quantitative estimate of drug-likeness (QED) is 0.591. The highest BCUT2D eigenvalue weighted by Gasteiger charge is 2.26. The molecule has 2 saturated heterocycles. The number of fused-ring (bicyclic) bond motifs is 1. The predicted octanol–water partition coefficient (Wildman–Crippen LogP) is 3.91. The van der Waals surface area contributed by atoms with Crippen molar-refractivity contribution in [3.05, 3.63) is 38.2 Å². The van der Waals surface area contributed by atoms with Gasteiger partial charge in [0.15, 0.2) is 0 Å². The van der Waals surface area contributed by atoms with Crippen LogP contribution in [0.4, 0.5) is 5.82 Å². The molecule has 33 heavy (non-hydrogen) atoms. The van der Waals surface area contributed by atoms with E-state index in [2.05, 4.69) is 29.0 Å². The van der Waals surface area contributed by atoms with Crippen molar-refractivity contribution in [1.29, 1.82) is 0 Å². The van der Waals surface area contributed by atoms with E-state index >= 15 is 0 Å². The van der Waals surface area contributed by atoms with E-state index in [0.717, 1.165) is 85.0 Å². The fourth-order valence-electron chi connectivity index (χ4n) is 4.58. The van der Waals surface area contributed by atoms with E-state index in [9.17, 15) is 4.79 Å². The number of piperidine rings is 1. The minimum Gasteiger partial charge on any atom is -0.379 e. The molecule has 0 aromatic carbocycles. The first-order valence-electron chi connectivity index (χ1n) is 11.7. The van der Waals surface area contributed by atoms with Crippen LogP contribution in [-0.4, -0.2) is 66.2 Å². The van der Waals surface area contributed by atoms with Crippen LogP contribution in [0.15, 0.2) is 12.1 Å². The number of hydrogen-bond acceptors (Lipinski definition) is 8. The van der Waals surface area contributed by atoms with Crippen molar-refractivity contribution >= 4 is 44.6 Å². The zero-order chi connectivity index (χ0) is 22.9. The molecule has 2 aliphatic rings. The summed E-state index contributed by atoms with van der Waals surface area (Å²) in [7, 11) is 0. The summed E-state index contributed by atoms with van der Waals surface area (Å²) in [6, 6.07) is 4.12. The normalized spacial score (nSPS) is 18.2. The lowest BCUT2D eigenvalue weighted by Gasteiger charge is -2.34. The van der Waals surface area contributed by atoms with Crippen LogP contribution < -0.4 is 10.2 Å². The molecular weight excluding hydrogens is 454 g/mol. The van der Waals surface area contributed by atoms with Crippen LogP contribution in [0, 0.1) is 20.8 Å². The van der Waals surface area contributed by atoms with E-state index in [-0.39, 0.29) is 11.9 Å². The summed E-state index contributed by atoms with van der Waals surface area (Å²) in [5.74, 6) is 2.00. The van der Waals surface area contributed by atoms with Gasteiger partial charge >= 0.3 is 0 Å². The van der Waals surface area contributed by atoms with Crippen molar-refractivity contribution in [2.24, 2.45) is 0 Å². The molecule has 5 heterocycles. The minimum atomic E-state index is 0.0491. The Kier molecular flexibility index (Phi) is 6.65. The van der Waals surface area contributed by atoms with Crippen molar-refractivity contribution in [3.63, 3.8) is 0 Å². The molecule has 0 radical (unpaired) electrons. The number of nitrogens with zero attached hydrogens (tertiary/aromatic N) is 4. The Morgan fingerprint density at radius 2 is 1.85 bits per heavy atom. The van der Waals surface area contributed by atoms with Crippen LogP contribution in [0.1, 0.15) is 43.7 Å². The molecule has 2 aliphatic heterocycles. The molecular formula is C24H31N5O2S2. The number of nitrogens with one attached hydrogen (secondary N) is 1. The van der Waals surface area contributed by atoms with Gasteiger partial charge in [-0.3, -0.25) is 9.69 Å². The third-order valence-corrected chi connectivity index (χ3v) is 8.72. The van der Waals surface area contributed by atoms with E-state index in [0.29, 0.717) is 0 Å². The zero-order valence-electron chi connectivity index (χ0n) is 19.5. The molecule has 0 aliphatic carbocycles. The largest absolute Gasteiger partial charge is 0.379 e. The number of anilines is 1. The summed E-state index contributed by atoms with van der Waals surface area (Å²) in [6.45, 7) is 12.3. The van der Waals surface area contributed by atoms with Gasteiger partial charge in [0.25, 0.3) is 5.91 Å². The molecule has 0 spiro atoms. The molecule has 3 aromatic heterocycles. The number of carbonyl (C=O) groups is 1. The van der Waals surface area contributed by atoms with Crippen molar-refractivity contribution in [3.8, 4) is 0 Å². The zero-order valence-corrected chi connectivity index (χ0v) is 21.2. The van der Waals surface area contributed by atoms with Gasteiger partial charge in [-0.25, -0.2) is 9.97 Å². The Morgan fingerprint density at radius 3 is 2.55 bits per heavy atom. The predicted molar refractivity (Wildman–Crippen MR) is 135 cm³/mol. The Balaban J connectivity index is 1.32. The summed E-state index contributed by atoms with van der Waals surface area (Å²) in [5, 5.41) is 4.43. The lowest BCUT2D eigenvalue weighted by Crippen LogP contribution is -2.45. The Hall–Kier alpha value is -2.07. The second kappa shape index (κ2) is 9.66. The molecule has 0 bridgehead atoms. The minimum absolute atomic E-state index is 0.0491. The highest BCUT2D eigenvalue weighted by atomic mass is 32.1. The fourth-order valence-corrected chi connectivity index (χ4v) is 6.39. The molecule has 9 heteroatoms. The number of thiophene rings is 2. The Bertz CT molecular complexity index is 1140. The summed E-state index contributed by atoms with van der Waals surface area (Å²) >= 11 is 3.32. The van der Waals surface area contributed by atoms with Crippen molar-refractivity contribution in [2.45, 2.75) is 46.2 Å². The average Bonchev–Trinajstić information content (AvgIpc) is 3.37. The standard InChI is InChI=1S/C24H31N5O2S2/c1-15-4-5-19(32-15)23(30)25-18-6-8-29(9-7-18)22-21-16(2)17(3)33-24(21)27-20(26-22)14-28-10-12-31-13-11-28/h4-5,18H,6-14H2,1-3H3,(H,25,30). The topological polar surface area (TPSA) is 70.6 Å². The third-order valence-electron chi connectivity index (χ3n) is 6.62. The average molecular weight is 486 g/mol. The van der Waals surface area contributed by atoms with E-state index < -0.39 is 0 Å². The number of aromatic nitrogens is 2. The van der Waals surface area contributed by atoms with Crippen LogP contribution in [0.2, 0.25) is 0 Å². The summed E-state index contributed by atoms with van der Waals surface area (Å²) in [5.41, 5.74) is 1.28. The van der Waals surface area contributed by atoms with Gasteiger partial charge in [-0.15, -0.1) is 22.7 Å². The number of carbonyl (C=O) groups excluding carboxylic acids is 1. The van der Waals surface area contributed by atoms with Crippen LogP contribution in [0.3, 0.4) is 0 Å². The summed E-state index contributed by atoms with van der Waals surface area (Å²) < 4.78 is 5.49. The molecule has 5 rings (SSSR count). The fraction of sp³-hybridized carbons (Fsp3) is 0.542. The second-order valence-corrected chi connectivity index (χ2v) is 11.5. The van der Waals surface area contributed by atoms with E-state index in [1.54, 1.807) is 22.7 Å². The number of morpholine rings is 1. The number of aryl methyl sites for hydroxylation is 3. The first-order valence-corrected chi connectivity index (χ1v) is 13.3. The van der Waals surface area contributed by atoms with Gasteiger partial charge in [-0.2, -0.15) is 0 Å². The second-order valence-electron chi connectivity index (χ2n) is 8.96. The number of amides is 1. The Morgan fingerprint density at radius 1 is 1.09 bits per heavy atom. The van der Waals surface area contributed by atoms with Gasteiger partial charge in [-0.05, 0) is 51.3 Å². The molecule has 0 atom stereocenters. The van der Waals surface area contributed by atoms with Gasteiger partial charge < -0.3 is 15.0 Å². The number of hydrogen-bond donors (Lipinski definition) is 1. The monoisotopic (exact) mass is 485 g/mol. The van der Waals surface area contributed by atoms with E-state index in [4.69, 9.17) is 14.7 Å². The van der Waals surface area contributed by atoms with Crippen LogP contribution in [-0.2, 0) is 11.3 Å². The lowest BCUT2D eigenvalue weighted by atomic mass is 10.0. The van der Waals surface area contributed by atoms with Gasteiger partial charge in [0.05, 0.1) is 30.0 Å². The number of ether oxygens (including phenoxy) is 1. The smallest absolute Gasteiger partial charge is 0.261 e. The maximum Gasteiger partial charge on any atom is 0.261 e. The lowest BCUT2D eigenvalue weighted by molar-refractivity contribution is 0.0331. The van der Waals surface area contributed by atoms with E-state index in [1.807, 2.05) is 19.1 Å². The number of rotatable bonds is 5. The first-order chi connectivity index (χ1) is 16.0. The maximum atomic E-state index is 12.6. The van der Waals surface area contributed by atoms with Gasteiger partial charge in [0.1, 0.15) is 16.5 Å². The third kappa shape index (κ3) is 4.91. The molecule has 1 N–H and O–H groups in total. The molecule has 3 aromatic rings. The van der Waals surface area contributed by atoms with Gasteiger partial charge in [0, 0.05) is 42.0 Å². The summed E-state index contributed by atoms with van der Waals surface area (Å²) in [4.78, 5) is 31.7. The van der Waals surface area contributed by atoms with Crippen LogP contribution >= 0.6 is 22.7 Å². The highest BCUT2D eigenvalue weighted by Crippen LogP contribution is 2.36. The maximum absolute atomic E-state index is 12.6. The first kappa shape index (κ1) is 22.7. The highest BCUT2D eigenvalue weighted by molar-refractivity contribution is 7.18. The molecule has 7 nitrogen and oxygen atoms in total. The molecule has 0 saturated carbocycles. The van der Waals surface area contributed by atoms with Crippen molar-refractivity contribution < 1.29 is 9.53 Å². The molecule has 1 amide bonds. The molecule has 2 fully saturated rings. The Labute approximate surface area is 202 Å². The summed E-state index contributed by atoms with van der Waals surface area (Å²) in [6.07, 6.45) is 1.84. The molecule has 176 valence electrons. The van der Waals surface area contributed by atoms with E-state index in [1.165, 1.54) is 15.8 Å². The SMILES string of the molecule is Cc1ccc(C(=O)NC2CCN(c3nc(CN4CCOCC4)nc4sc(C)c(C)c34)CC2)s1.